The molecule has 1 atom stereocenters. The van der Waals surface area contributed by atoms with Crippen molar-refractivity contribution in [3.8, 4) is 22.6 Å². The Kier molecular flexibility index (Phi) is 12.7. The molecule has 0 aliphatic carbocycles. The predicted molar refractivity (Wildman–Crippen MR) is 199 cm³/mol. The number of fused-ring (bicyclic) bond motifs is 1. The Balaban J connectivity index is 1.16. The maximum atomic E-state index is 11.5. The van der Waals surface area contributed by atoms with Gasteiger partial charge in [-0.15, -0.1) is 0 Å². The van der Waals surface area contributed by atoms with Crippen LogP contribution in [0.4, 0.5) is 5.69 Å². The van der Waals surface area contributed by atoms with E-state index in [4.69, 9.17) is 32.7 Å². The Morgan fingerprint density at radius 3 is 2.49 bits per heavy atom. The summed E-state index contributed by atoms with van der Waals surface area (Å²) in [7, 11) is 0. The van der Waals surface area contributed by atoms with Crippen LogP contribution < -0.4 is 19.7 Å². The highest BCUT2D eigenvalue weighted by atomic mass is 35.5. The number of nitrogens with zero attached hydrogens (tertiary/aromatic N) is 3. The number of ether oxygens (including phenoxy) is 2. The predicted octanol–water partition coefficient (Wildman–Crippen LogP) is 5.96. The molecule has 4 N–H and O–H groups in total. The van der Waals surface area contributed by atoms with Crippen molar-refractivity contribution in [2.75, 3.05) is 44.2 Å². The molecule has 0 amide bonds. The van der Waals surface area contributed by atoms with Crippen molar-refractivity contribution in [3.05, 3.63) is 105 Å². The largest absolute Gasteiger partial charge is 0.488 e. The molecule has 2 aliphatic heterocycles. The van der Waals surface area contributed by atoms with Crippen LogP contribution in [0.2, 0.25) is 10.0 Å². The van der Waals surface area contributed by atoms with Crippen LogP contribution in [0.3, 0.4) is 0 Å². The smallest absolute Gasteiger partial charge is 0.323 e. The summed E-state index contributed by atoms with van der Waals surface area (Å²) in [6.07, 6.45) is 6.99. The summed E-state index contributed by atoms with van der Waals surface area (Å²) in [5, 5.41) is 32.4. The topological polar surface area (TPSA) is 128 Å². The standard InChI is InChI=1S/C39H44Cl2N4O6/c40-33-19-28(22-43-34(23-46)39(48)49)36(50-24-26-5-3-13-42-21-26)20-37(33)51-25-27-6-1-8-32(38(27)41)30-7-2-9-35-31(30)12-18-45(35)15-4-14-44-16-10-29(47)11-17-44/h1-3,5-9,13,19-21,29,34,43,46-47H,4,10-12,14-18,22-25H2,(H,48,49). The van der Waals surface area contributed by atoms with E-state index in [1.807, 2.05) is 30.3 Å². The second kappa shape index (κ2) is 17.5. The fourth-order valence-corrected chi connectivity index (χ4v) is 7.26. The number of aliphatic hydroxyl groups is 2. The average Bonchev–Trinajstić information content (AvgIpc) is 3.56. The third-order valence-electron chi connectivity index (χ3n) is 9.59. The van der Waals surface area contributed by atoms with Gasteiger partial charge in [-0.2, -0.15) is 0 Å². The first-order valence-electron chi connectivity index (χ1n) is 17.4. The maximum Gasteiger partial charge on any atom is 0.323 e. The van der Waals surface area contributed by atoms with Crippen molar-refractivity contribution in [2.45, 2.75) is 57.6 Å². The van der Waals surface area contributed by atoms with Crippen LogP contribution in [0.25, 0.3) is 11.1 Å². The number of aromatic nitrogens is 1. The summed E-state index contributed by atoms with van der Waals surface area (Å²) in [6, 6.07) is 18.3. The molecule has 0 bridgehead atoms. The summed E-state index contributed by atoms with van der Waals surface area (Å²) < 4.78 is 12.4. The lowest BCUT2D eigenvalue weighted by atomic mass is 9.96. The highest BCUT2D eigenvalue weighted by Crippen LogP contribution is 2.41. The third-order valence-corrected chi connectivity index (χ3v) is 10.3. The normalized spacial score (nSPS) is 15.5. The highest BCUT2D eigenvalue weighted by Gasteiger charge is 2.24. The molecule has 1 unspecified atom stereocenters. The number of aliphatic hydroxyl groups excluding tert-OH is 2. The number of rotatable bonds is 16. The molecule has 3 heterocycles. The van der Waals surface area contributed by atoms with Gasteiger partial charge in [-0.3, -0.25) is 15.1 Å². The number of piperidine rings is 1. The summed E-state index contributed by atoms with van der Waals surface area (Å²) in [5.74, 6) is -0.326. The SMILES string of the molecule is O=C(O)C(CO)NCc1cc(Cl)c(OCc2cccc(-c3cccc4c3CCN4CCCN3CCC(O)CC3)c2Cl)cc1OCc1cccnc1. The Morgan fingerprint density at radius 1 is 0.941 bits per heavy atom. The van der Waals surface area contributed by atoms with Gasteiger partial charge in [0.05, 0.1) is 22.8 Å². The number of likely N-dealkylation sites (tertiary alicyclic amines) is 1. The summed E-state index contributed by atoms with van der Waals surface area (Å²) in [6.45, 7) is 4.85. The molecule has 1 saturated heterocycles. The molecule has 270 valence electrons. The van der Waals surface area contributed by atoms with Gasteiger partial charge in [0.15, 0.2) is 0 Å². The van der Waals surface area contributed by atoms with E-state index in [2.05, 4.69) is 38.3 Å². The Morgan fingerprint density at radius 2 is 1.73 bits per heavy atom. The summed E-state index contributed by atoms with van der Waals surface area (Å²) in [5.41, 5.74) is 6.89. The van der Waals surface area contributed by atoms with Crippen LogP contribution >= 0.6 is 23.2 Å². The van der Waals surface area contributed by atoms with Crippen molar-refractivity contribution < 1.29 is 29.6 Å². The van der Waals surface area contributed by atoms with Gasteiger partial charge in [0, 0.05) is 79.1 Å². The monoisotopic (exact) mass is 734 g/mol. The maximum absolute atomic E-state index is 11.5. The number of nitrogens with one attached hydrogen (secondary N) is 1. The minimum absolute atomic E-state index is 0.0933. The van der Waals surface area contributed by atoms with Gasteiger partial charge in [0.25, 0.3) is 0 Å². The van der Waals surface area contributed by atoms with Crippen molar-refractivity contribution in [1.29, 1.82) is 0 Å². The molecule has 0 radical (unpaired) electrons. The number of pyridine rings is 1. The van der Waals surface area contributed by atoms with Crippen LogP contribution in [0, 0.1) is 0 Å². The van der Waals surface area contributed by atoms with Gasteiger partial charge in [-0.05, 0) is 61.6 Å². The fourth-order valence-electron chi connectivity index (χ4n) is 6.74. The average molecular weight is 736 g/mol. The van der Waals surface area contributed by atoms with E-state index < -0.39 is 18.6 Å². The molecule has 10 nitrogen and oxygen atoms in total. The molecule has 2 aliphatic rings. The van der Waals surface area contributed by atoms with E-state index in [0.717, 1.165) is 80.7 Å². The number of hydrogen-bond acceptors (Lipinski definition) is 9. The summed E-state index contributed by atoms with van der Waals surface area (Å²) in [4.78, 5) is 20.5. The van der Waals surface area contributed by atoms with Gasteiger partial charge in [-0.1, -0.05) is 59.6 Å². The fraction of sp³-hybridized carbons (Fsp3) is 0.385. The molecular formula is C39H44Cl2N4O6. The van der Waals surface area contributed by atoms with E-state index in [9.17, 15) is 20.1 Å². The van der Waals surface area contributed by atoms with Crippen molar-refractivity contribution in [2.24, 2.45) is 0 Å². The first-order chi connectivity index (χ1) is 24.8. The number of benzene rings is 3. The zero-order chi connectivity index (χ0) is 35.7. The number of carbonyl (C=O) groups is 1. The van der Waals surface area contributed by atoms with Gasteiger partial charge in [0.2, 0.25) is 0 Å². The molecule has 3 aromatic carbocycles. The van der Waals surface area contributed by atoms with E-state index in [1.165, 1.54) is 11.3 Å². The third kappa shape index (κ3) is 9.32. The van der Waals surface area contributed by atoms with Crippen molar-refractivity contribution in [1.82, 2.24) is 15.2 Å². The number of aliphatic carboxylic acids is 1. The molecule has 12 heteroatoms. The van der Waals surface area contributed by atoms with E-state index in [1.54, 1.807) is 24.5 Å². The number of carboxylic acid groups (broad SMARTS) is 1. The molecule has 1 fully saturated rings. The van der Waals surface area contributed by atoms with Gasteiger partial charge >= 0.3 is 5.97 Å². The molecular weight excluding hydrogens is 691 g/mol. The number of hydrogen-bond donors (Lipinski definition) is 4. The van der Waals surface area contributed by atoms with Gasteiger partial charge in [0.1, 0.15) is 30.8 Å². The number of halogens is 2. The van der Waals surface area contributed by atoms with Gasteiger partial charge in [-0.25, -0.2) is 0 Å². The van der Waals surface area contributed by atoms with Crippen LogP contribution in [0.15, 0.2) is 73.1 Å². The number of carboxylic acids is 1. The molecule has 1 aromatic heterocycles. The van der Waals surface area contributed by atoms with E-state index >= 15 is 0 Å². The lowest BCUT2D eigenvalue weighted by Gasteiger charge is -2.30. The Bertz CT molecular complexity index is 1790. The van der Waals surface area contributed by atoms with Crippen LogP contribution in [-0.2, 0) is 31.0 Å². The zero-order valence-electron chi connectivity index (χ0n) is 28.4. The lowest BCUT2D eigenvalue weighted by molar-refractivity contribution is -0.140. The minimum atomic E-state index is -1.16. The summed E-state index contributed by atoms with van der Waals surface area (Å²) >= 11 is 13.8. The molecule has 0 spiro atoms. The first-order valence-corrected chi connectivity index (χ1v) is 18.1. The lowest BCUT2D eigenvalue weighted by Crippen LogP contribution is -2.39. The van der Waals surface area contributed by atoms with Crippen LogP contribution in [-0.4, -0.2) is 82.6 Å². The Hall–Kier alpha value is -3.90. The van der Waals surface area contributed by atoms with Gasteiger partial charge < -0.3 is 34.6 Å². The highest BCUT2D eigenvalue weighted by molar-refractivity contribution is 6.34. The molecule has 0 saturated carbocycles. The van der Waals surface area contributed by atoms with E-state index in [-0.39, 0.29) is 25.9 Å². The van der Waals surface area contributed by atoms with Crippen LogP contribution in [0.5, 0.6) is 11.5 Å². The van der Waals surface area contributed by atoms with Crippen molar-refractivity contribution in [3.63, 3.8) is 0 Å². The first kappa shape index (κ1) is 36.9. The quantitative estimate of drug-likeness (QED) is 0.110. The zero-order valence-corrected chi connectivity index (χ0v) is 30.0. The minimum Gasteiger partial charge on any atom is -0.488 e. The molecule has 6 rings (SSSR count). The molecule has 51 heavy (non-hydrogen) atoms. The van der Waals surface area contributed by atoms with Crippen LogP contribution in [0.1, 0.15) is 41.5 Å². The van der Waals surface area contributed by atoms with E-state index in [0.29, 0.717) is 27.1 Å². The second-order valence-corrected chi connectivity index (χ2v) is 13.8. The molecule has 4 aromatic rings. The Labute approximate surface area is 308 Å². The number of anilines is 1. The van der Waals surface area contributed by atoms with Crippen molar-refractivity contribution >= 4 is 34.9 Å². The second-order valence-electron chi connectivity index (χ2n) is 13.0.